The number of likely N-dealkylation sites (tertiary alicyclic amines) is 1. The normalized spacial score (nSPS) is 16.8. The average molecular weight is 417 g/mol. The number of hydrogen-bond acceptors (Lipinski definition) is 5. The Kier molecular flexibility index (Phi) is 6.79. The van der Waals surface area contributed by atoms with Gasteiger partial charge in [0.2, 0.25) is 11.8 Å². The Hall–Kier alpha value is -2.97. The first-order valence-corrected chi connectivity index (χ1v) is 9.62. The number of carbonyl (C=O) groups excluding carboxylic acids is 2. The van der Waals surface area contributed by atoms with Crippen LogP contribution >= 0.6 is 11.6 Å². The van der Waals surface area contributed by atoms with E-state index in [2.05, 4.69) is 10.6 Å². The van der Waals surface area contributed by atoms with Gasteiger partial charge in [-0.15, -0.1) is 0 Å². The monoisotopic (exact) mass is 416 g/mol. The van der Waals surface area contributed by atoms with Gasteiger partial charge in [-0.1, -0.05) is 29.8 Å². The maximum absolute atomic E-state index is 12.5. The van der Waals surface area contributed by atoms with Crippen molar-refractivity contribution in [3.05, 3.63) is 63.7 Å². The lowest BCUT2D eigenvalue weighted by molar-refractivity contribution is -0.383. The smallest absolute Gasteiger partial charge is 0.294 e. The first-order chi connectivity index (χ1) is 13.9. The molecule has 9 heteroatoms. The van der Waals surface area contributed by atoms with E-state index in [9.17, 15) is 19.7 Å². The number of amides is 2. The van der Waals surface area contributed by atoms with E-state index >= 15 is 0 Å². The first-order valence-electron chi connectivity index (χ1n) is 9.24. The number of nitrogens with one attached hydrogen (secondary N) is 2. The molecular weight excluding hydrogens is 396 g/mol. The summed E-state index contributed by atoms with van der Waals surface area (Å²) in [7, 11) is 0. The van der Waals surface area contributed by atoms with Gasteiger partial charge in [0.05, 0.1) is 17.4 Å². The second-order valence-electron chi connectivity index (χ2n) is 6.90. The molecule has 0 aromatic heterocycles. The van der Waals surface area contributed by atoms with Gasteiger partial charge in [-0.25, -0.2) is 0 Å². The van der Waals surface area contributed by atoms with Crippen molar-refractivity contribution in [1.29, 1.82) is 0 Å². The number of nitro groups is 1. The van der Waals surface area contributed by atoms with Gasteiger partial charge in [-0.2, -0.15) is 0 Å². The van der Waals surface area contributed by atoms with Crippen molar-refractivity contribution in [3.8, 4) is 0 Å². The molecule has 2 N–H and O–H groups in total. The molecule has 29 heavy (non-hydrogen) atoms. The minimum absolute atomic E-state index is 0.0505. The number of carbonyl (C=O) groups is 2. The molecule has 2 amide bonds. The summed E-state index contributed by atoms with van der Waals surface area (Å²) < 4.78 is 0. The highest BCUT2D eigenvalue weighted by Crippen LogP contribution is 2.28. The Morgan fingerprint density at radius 2 is 1.93 bits per heavy atom. The number of anilines is 2. The van der Waals surface area contributed by atoms with Crippen molar-refractivity contribution in [3.63, 3.8) is 0 Å². The zero-order chi connectivity index (χ0) is 20.8. The average Bonchev–Trinajstić information content (AvgIpc) is 2.70. The third-order valence-corrected chi connectivity index (χ3v) is 4.95. The summed E-state index contributed by atoms with van der Waals surface area (Å²) in [6.45, 7) is 1.19. The van der Waals surface area contributed by atoms with E-state index in [1.54, 1.807) is 0 Å². The number of para-hydroxylation sites is 1. The Balaban J connectivity index is 1.57. The fourth-order valence-electron chi connectivity index (χ4n) is 3.33. The number of nitrogens with zero attached hydrogens (tertiary/aromatic N) is 2. The number of hydrogen-bond donors (Lipinski definition) is 2. The van der Waals surface area contributed by atoms with E-state index < -0.39 is 4.92 Å². The second kappa shape index (κ2) is 9.49. The quantitative estimate of drug-likeness (QED) is 0.553. The molecule has 152 valence electrons. The van der Waals surface area contributed by atoms with Gasteiger partial charge < -0.3 is 10.6 Å². The van der Waals surface area contributed by atoms with Gasteiger partial charge in [0.1, 0.15) is 5.69 Å². The van der Waals surface area contributed by atoms with Crippen molar-refractivity contribution < 1.29 is 14.5 Å². The van der Waals surface area contributed by atoms with E-state index in [0.29, 0.717) is 13.1 Å². The second-order valence-corrected chi connectivity index (χ2v) is 7.33. The van der Waals surface area contributed by atoms with Gasteiger partial charge in [-0.05, 0) is 43.7 Å². The van der Waals surface area contributed by atoms with Crippen LogP contribution in [0, 0.1) is 16.0 Å². The molecule has 0 bridgehead atoms. The molecule has 0 aliphatic carbocycles. The molecule has 3 rings (SSSR count). The molecular formula is C20H21ClN4O4. The zero-order valence-corrected chi connectivity index (χ0v) is 16.4. The van der Waals surface area contributed by atoms with E-state index in [0.717, 1.165) is 18.5 Å². The minimum atomic E-state index is -0.591. The van der Waals surface area contributed by atoms with Crippen molar-refractivity contribution in [2.75, 3.05) is 30.3 Å². The van der Waals surface area contributed by atoms with Crippen LogP contribution in [0.25, 0.3) is 0 Å². The van der Waals surface area contributed by atoms with Gasteiger partial charge in [0, 0.05) is 23.3 Å². The van der Waals surface area contributed by atoms with Crippen molar-refractivity contribution in [1.82, 2.24) is 4.90 Å². The predicted molar refractivity (Wildman–Crippen MR) is 111 cm³/mol. The van der Waals surface area contributed by atoms with E-state index in [-0.39, 0.29) is 40.7 Å². The number of benzene rings is 2. The van der Waals surface area contributed by atoms with E-state index in [4.69, 9.17) is 11.6 Å². The SMILES string of the molecule is O=C(CN1CCCC(C(=O)Nc2ccccc2)C1)Nc1ccc(Cl)cc1[N+](=O)[O-]. The lowest BCUT2D eigenvalue weighted by atomic mass is 9.97. The Labute approximate surface area is 173 Å². The molecule has 0 spiro atoms. The number of piperidine rings is 1. The zero-order valence-electron chi connectivity index (χ0n) is 15.6. The summed E-state index contributed by atoms with van der Waals surface area (Å²) in [6.07, 6.45) is 1.54. The Morgan fingerprint density at radius 1 is 1.17 bits per heavy atom. The summed E-state index contributed by atoms with van der Waals surface area (Å²) in [4.78, 5) is 37.4. The fraction of sp³-hybridized carbons (Fsp3) is 0.300. The van der Waals surface area contributed by atoms with Crippen molar-refractivity contribution in [2.45, 2.75) is 12.8 Å². The Bertz CT molecular complexity index is 907. The highest BCUT2D eigenvalue weighted by molar-refractivity contribution is 6.31. The molecule has 1 aliphatic heterocycles. The maximum Gasteiger partial charge on any atom is 0.294 e. The highest BCUT2D eigenvalue weighted by Gasteiger charge is 2.27. The molecule has 0 saturated carbocycles. The molecule has 1 saturated heterocycles. The molecule has 1 fully saturated rings. The summed E-state index contributed by atoms with van der Waals surface area (Å²) >= 11 is 5.79. The maximum atomic E-state index is 12.5. The predicted octanol–water partition coefficient (Wildman–Crippen LogP) is 3.54. The summed E-state index contributed by atoms with van der Waals surface area (Å²) in [5.74, 6) is -0.671. The first kappa shape index (κ1) is 20.8. The molecule has 1 heterocycles. The third kappa shape index (κ3) is 5.75. The van der Waals surface area contributed by atoms with Crippen molar-refractivity contribution in [2.24, 2.45) is 5.92 Å². The molecule has 2 aromatic carbocycles. The van der Waals surface area contributed by atoms with E-state index in [1.807, 2.05) is 35.2 Å². The standard InChI is InChI=1S/C20H21ClN4O4/c21-15-8-9-17(18(11-15)25(28)29)23-19(26)13-24-10-4-5-14(12-24)20(27)22-16-6-2-1-3-7-16/h1-3,6-9,11,14H,4-5,10,12-13H2,(H,22,27)(H,23,26). The molecule has 1 aliphatic rings. The number of nitro benzene ring substituents is 1. The van der Waals surface area contributed by atoms with Crippen molar-refractivity contribution >= 4 is 40.5 Å². The molecule has 8 nitrogen and oxygen atoms in total. The van der Waals surface area contributed by atoms with Crippen LogP contribution < -0.4 is 10.6 Å². The van der Waals surface area contributed by atoms with Gasteiger partial charge in [0.15, 0.2) is 0 Å². The van der Waals surface area contributed by atoms with Crippen LogP contribution in [0.15, 0.2) is 48.5 Å². The highest BCUT2D eigenvalue weighted by atomic mass is 35.5. The fourth-order valence-corrected chi connectivity index (χ4v) is 3.50. The van der Waals surface area contributed by atoms with E-state index in [1.165, 1.54) is 18.2 Å². The van der Waals surface area contributed by atoms with Crippen LogP contribution in [-0.2, 0) is 9.59 Å². The van der Waals surface area contributed by atoms with Crippen LogP contribution in [0.2, 0.25) is 5.02 Å². The summed E-state index contributed by atoms with van der Waals surface area (Å²) in [5, 5.41) is 16.8. The van der Waals surface area contributed by atoms with Crippen LogP contribution in [0.4, 0.5) is 17.1 Å². The van der Waals surface area contributed by atoms with Crippen LogP contribution in [0.1, 0.15) is 12.8 Å². The third-order valence-electron chi connectivity index (χ3n) is 4.72. The van der Waals surface area contributed by atoms with Gasteiger partial charge in [-0.3, -0.25) is 24.6 Å². The lowest BCUT2D eigenvalue weighted by Gasteiger charge is -2.31. The molecule has 2 aromatic rings. The van der Waals surface area contributed by atoms with Crippen LogP contribution in [0.5, 0.6) is 0 Å². The summed E-state index contributed by atoms with van der Waals surface area (Å²) in [5.41, 5.74) is 0.576. The van der Waals surface area contributed by atoms with Crippen LogP contribution in [0.3, 0.4) is 0 Å². The number of halogens is 1. The van der Waals surface area contributed by atoms with Gasteiger partial charge in [0.25, 0.3) is 5.69 Å². The topological polar surface area (TPSA) is 105 Å². The van der Waals surface area contributed by atoms with Gasteiger partial charge >= 0.3 is 0 Å². The summed E-state index contributed by atoms with van der Waals surface area (Å²) in [6, 6.07) is 13.3. The minimum Gasteiger partial charge on any atom is -0.326 e. The van der Waals surface area contributed by atoms with Crippen LogP contribution in [-0.4, -0.2) is 41.3 Å². The Morgan fingerprint density at radius 3 is 2.66 bits per heavy atom. The molecule has 1 unspecified atom stereocenters. The molecule has 1 atom stereocenters. The lowest BCUT2D eigenvalue weighted by Crippen LogP contribution is -2.44. The number of rotatable bonds is 6. The molecule has 0 radical (unpaired) electrons. The largest absolute Gasteiger partial charge is 0.326 e.